The minimum Gasteiger partial charge on any atom is -0.474 e. The molecule has 7 nitrogen and oxygen atoms in total. The molecule has 26 heavy (non-hydrogen) atoms. The summed E-state index contributed by atoms with van der Waals surface area (Å²) >= 11 is 0. The minimum absolute atomic E-state index is 0.301. The number of nitrogens with one attached hydrogen (secondary N) is 1. The fraction of sp³-hybridized carbons (Fsp3) is 0.421. The van der Waals surface area contributed by atoms with Crippen LogP contribution in [-0.4, -0.2) is 51.9 Å². The Morgan fingerprint density at radius 3 is 2.85 bits per heavy atom. The molecular weight excluding hydrogens is 328 g/mol. The molecule has 2 fully saturated rings. The predicted molar refractivity (Wildman–Crippen MR) is 99.7 cm³/mol. The Bertz CT molecular complexity index is 942. The molecule has 3 aromatic rings. The monoisotopic (exact) mass is 350 g/mol. The molecule has 5 rings (SSSR count). The maximum absolute atomic E-state index is 6.04. The number of fused-ring (bicyclic) bond motifs is 1. The summed E-state index contributed by atoms with van der Waals surface area (Å²) in [5.41, 5.74) is 3.76. The van der Waals surface area contributed by atoms with E-state index in [9.17, 15) is 0 Å². The molecule has 0 spiro atoms. The Morgan fingerprint density at radius 1 is 1.19 bits per heavy atom. The van der Waals surface area contributed by atoms with Gasteiger partial charge < -0.3 is 15.0 Å². The number of pyridine rings is 1. The van der Waals surface area contributed by atoms with Crippen molar-refractivity contribution in [3.63, 3.8) is 0 Å². The molecule has 4 heterocycles. The molecule has 1 N–H and O–H groups in total. The highest BCUT2D eigenvalue weighted by molar-refractivity contribution is 5.83. The number of rotatable bonds is 4. The summed E-state index contributed by atoms with van der Waals surface area (Å²) in [6, 6.07) is 6.03. The summed E-state index contributed by atoms with van der Waals surface area (Å²) in [6.07, 6.45) is 6.29. The highest BCUT2D eigenvalue weighted by Gasteiger charge is 2.27. The molecule has 1 saturated carbocycles. The van der Waals surface area contributed by atoms with Gasteiger partial charge in [0.2, 0.25) is 5.88 Å². The second-order valence-electron chi connectivity index (χ2n) is 6.92. The van der Waals surface area contributed by atoms with Crippen LogP contribution in [0, 0.1) is 6.92 Å². The molecule has 134 valence electrons. The normalized spacial score (nSPS) is 17.7. The average Bonchev–Trinajstić information content (AvgIpc) is 3.43. The van der Waals surface area contributed by atoms with Gasteiger partial charge in [0.1, 0.15) is 11.9 Å². The van der Waals surface area contributed by atoms with E-state index in [2.05, 4.69) is 20.3 Å². The van der Waals surface area contributed by atoms with Gasteiger partial charge in [0.15, 0.2) is 5.65 Å². The number of hydrogen-bond acceptors (Lipinski definition) is 6. The third-order valence-electron chi connectivity index (χ3n) is 4.93. The maximum Gasteiger partial charge on any atom is 0.221 e. The molecule has 1 aliphatic heterocycles. The van der Waals surface area contributed by atoms with Crippen molar-refractivity contribution in [2.75, 3.05) is 31.1 Å². The number of hydrogen-bond donors (Lipinski definition) is 1. The van der Waals surface area contributed by atoms with E-state index in [4.69, 9.17) is 9.72 Å². The van der Waals surface area contributed by atoms with Crippen molar-refractivity contribution < 1.29 is 4.74 Å². The molecule has 1 saturated heterocycles. The summed E-state index contributed by atoms with van der Waals surface area (Å²) in [5.74, 6) is 1.68. The van der Waals surface area contributed by atoms with Crippen molar-refractivity contribution in [2.45, 2.75) is 25.9 Å². The van der Waals surface area contributed by atoms with Crippen LogP contribution in [0.25, 0.3) is 16.8 Å². The second kappa shape index (κ2) is 6.25. The third-order valence-corrected chi connectivity index (χ3v) is 4.93. The van der Waals surface area contributed by atoms with Gasteiger partial charge in [-0.3, -0.25) is 0 Å². The van der Waals surface area contributed by atoms with E-state index in [1.165, 1.54) is 0 Å². The zero-order valence-electron chi connectivity index (χ0n) is 14.9. The average molecular weight is 350 g/mol. The zero-order valence-corrected chi connectivity index (χ0v) is 14.9. The van der Waals surface area contributed by atoms with Gasteiger partial charge in [-0.25, -0.2) is 14.5 Å². The first-order valence-electron chi connectivity index (χ1n) is 9.23. The Balaban J connectivity index is 1.61. The summed E-state index contributed by atoms with van der Waals surface area (Å²) in [5, 5.41) is 8.03. The lowest BCUT2D eigenvalue weighted by Gasteiger charge is -2.28. The van der Waals surface area contributed by atoms with E-state index in [1.807, 2.05) is 35.8 Å². The number of ether oxygens (including phenoxy) is 1. The Hall–Kier alpha value is -2.67. The van der Waals surface area contributed by atoms with E-state index in [1.54, 1.807) is 6.20 Å². The van der Waals surface area contributed by atoms with Gasteiger partial charge >= 0.3 is 0 Å². The SMILES string of the molecule is Cc1nn2ccc(N3CCNCC3)nc2c1-c1cccnc1OC1CC1. The Morgan fingerprint density at radius 2 is 2.04 bits per heavy atom. The van der Waals surface area contributed by atoms with E-state index in [-0.39, 0.29) is 0 Å². The first-order chi connectivity index (χ1) is 12.8. The lowest BCUT2D eigenvalue weighted by atomic mass is 10.1. The topological polar surface area (TPSA) is 67.6 Å². The standard InChI is InChI=1S/C19H22N6O/c1-13-17(15-3-2-7-21-19(15)26-14-4-5-14)18-22-16(6-10-25(18)23-13)24-11-8-20-9-12-24/h2-3,6-7,10,14,20H,4-5,8-9,11-12H2,1H3. The molecule has 0 aromatic carbocycles. The molecule has 0 unspecified atom stereocenters. The Kier molecular flexibility index (Phi) is 3.74. The van der Waals surface area contributed by atoms with Crippen LogP contribution in [0.1, 0.15) is 18.5 Å². The van der Waals surface area contributed by atoms with Gasteiger partial charge in [-0.15, -0.1) is 0 Å². The fourth-order valence-corrected chi connectivity index (χ4v) is 3.43. The van der Waals surface area contributed by atoms with Crippen molar-refractivity contribution in [1.82, 2.24) is 24.9 Å². The van der Waals surface area contributed by atoms with Crippen LogP contribution in [0.15, 0.2) is 30.6 Å². The summed E-state index contributed by atoms with van der Waals surface area (Å²) < 4.78 is 7.89. The molecular formula is C19H22N6O. The van der Waals surface area contributed by atoms with Crippen molar-refractivity contribution >= 4 is 11.5 Å². The number of aryl methyl sites for hydroxylation is 1. The van der Waals surface area contributed by atoms with Crippen LogP contribution in [0.2, 0.25) is 0 Å². The van der Waals surface area contributed by atoms with Gasteiger partial charge in [-0.2, -0.15) is 5.10 Å². The Labute approximate surface area is 152 Å². The van der Waals surface area contributed by atoms with Gasteiger partial charge in [0, 0.05) is 44.1 Å². The summed E-state index contributed by atoms with van der Waals surface area (Å²) in [6.45, 7) is 5.92. The lowest BCUT2D eigenvalue weighted by molar-refractivity contribution is 0.292. The quantitative estimate of drug-likeness (QED) is 0.777. The highest BCUT2D eigenvalue weighted by Crippen LogP contribution is 2.36. The number of nitrogens with zero attached hydrogens (tertiary/aromatic N) is 5. The third kappa shape index (κ3) is 2.78. The van der Waals surface area contributed by atoms with E-state index >= 15 is 0 Å². The van der Waals surface area contributed by atoms with E-state index in [0.717, 1.165) is 67.3 Å². The summed E-state index contributed by atoms with van der Waals surface area (Å²) in [4.78, 5) is 11.7. The van der Waals surface area contributed by atoms with E-state index < -0.39 is 0 Å². The fourth-order valence-electron chi connectivity index (χ4n) is 3.43. The maximum atomic E-state index is 6.04. The second-order valence-corrected chi connectivity index (χ2v) is 6.92. The molecule has 0 radical (unpaired) electrons. The lowest BCUT2D eigenvalue weighted by Crippen LogP contribution is -2.43. The smallest absolute Gasteiger partial charge is 0.221 e. The largest absolute Gasteiger partial charge is 0.474 e. The van der Waals surface area contributed by atoms with Crippen LogP contribution in [-0.2, 0) is 0 Å². The first-order valence-corrected chi connectivity index (χ1v) is 9.23. The predicted octanol–water partition coefficient (Wildman–Crippen LogP) is 2.05. The summed E-state index contributed by atoms with van der Waals surface area (Å²) in [7, 11) is 0. The first kappa shape index (κ1) is 15.6. The van der Waals surface area contributed by atoms with Crippen LogP contribution in [0.5, 0.6) is 5.88 Å². The van der Waals surface area contributed by atoms with Crippen LogP contribution in [0.3, 0.4) is 0 Å². The van der Waals surface area contributed by atoms with Gasteiger partial charge in [0.05, 0.1) is 11.3 Å². The molecule has 0 bridgehead atoms. The number of piperazine rings is 1. The van der Waals surface area contributed by atoms with E-state index in [0.29, 0.717) is 12.0 Å². The molecule has 1 aliphatic carbocycles. The van der Waals surface area contributed by atoms with Crippen molar-refractivity contribution in [3.05, 3.63) is 36.3 Å². The zero-order chi connectivity index (χ0) is 17.5. The number of aromatic nitrogens is 4. The minimum atomic E-state index is 0.301. The van der Waals surface area contributed by atoms with Crippen LogP contribution in [0.4, 0.5) is 5.82 Å². The molecule has 0 amide bonds. The van der Waals surface area contributed by atoms with Crippen molar-refractivity contribution in [3.8, 4) is 17.0 Å². The molecule has 3 aromatic heterocycles. The van der Waals surface area contributed by atoms with Gasteiger partial charge in [0.25, 0.3) is 0 Å². The van der Waals surface area contributed by atoms with Gasteiger partial charge in [-0.1, -0.05) is 0 Å². The van der Waals surface area contributed by atoms with Crippen LogP contribution >= 0.6 is 0 Å². The molecule has 0 atom stereocenters. The molecule has 2 aliphatic rings. The van der Waals surface area contributed by atoms with Crippen LogP contribution < -0.4 is 15.0 Å². The number of anilines is 1. The molecule has 7 heteroatoms. The van der Waals surface area contributed by atoms with Crippen molar-refractivity contribution in [2.24, 2.45) is 0 Å². The van der Waals surface area contributed by atoms with Gasteiger partial charge in [-0.05, 0) is 38.0 Å². The van der Waals surface area contributed by atoms with Crippen molar-refractivity contribution in [1.29, 1.82) is 0 Å². The highest BCUT2D eigenvalue weighted by atomic mass is 16.5.